The largest absolute Gasteiger partial charge is 0.477 e. The highest BCUT2D eigenvalue weighted by Gasteiger charge is 2.34. The van der Waals surface area contributed by atoms with E-state index in [1.54, 1.807) is 12.7 Å². The van der Waals surface area contributed by atoms with Crippen molar-refractivity contribution < 1.29 is 28.8 Å². The molecule has 10 nitrogen and oxygen atoms in total. The first-order valence-electron chi connectivity index (χ1n) is 9.27. The Labute approximate surface area is 183 Å². The molecule has 12 heteroatoms. The van der Waals surface area contributed by atoms with Crippen LogP contribution in [0.4, 0.5) is 0 Å². The number of hydrogen-bond donors (Lipinski definition) is 4. The molecule has 2 aromatic rings. The number of quaternary nitrogens is 2. The number of likely N-dealkylation sites (N-methyl/N-ethyl adjacent to an activating group) is 2. The first-order valence-corrected chi connectivity index (χ1v) is 11.4. The number of nitrogens with zero attached hydrogens (tertiary/aromatic N) is 4. The van der Waals surface area contributed by atoms with Crippen LogP contribution in [0.2, 0.25) is 0 Å². The molecule has 2 rings (SSSR count). The lowest BCUT2D eigenvalue weighted by Gasteiger charge is -2.31. The smallest absolute Gasteiger partial charge is 0.362 e. The number of aromatic nitrogens is 4. The molecule has 0 fully saturated rings. The summed E-state index contributed by atoms with van der Waals surface area (Å²) in [6.07, 6.45) is 3.74. The lowest BCUT2D eigenvalue weighted by atomic mass is 10.1. The molecule has 0 spiro atoms. The van der Waals surface area contributed by atoms with Gasteiger partial charge in [0.2, 0.25) is 0 Å². The zero-order valence-electron chi connectivity index (χ0n) is 18.0. The van der Waals surface area contributed by atoms with Crippen molar-refractivity contribution in [2.24, 2.45) is 0 Å². The van der Waals surface area contributed by atoms with E-state index < -0.39 is 24.0 Å². The fourth-order valence-corrected chi connectivity index (χ4v) is 5.07. The maximum atomic E-state index is 11.7. The molecule has 0 aromatic carbocycles. The van der Waals surface area contributed by atoms with Gasteiger partial charge in [0.05, 0.1) is 79.2 Å². The Kier molecular flexibility index (Phi) is 7.61. The minimum Gasteiger partial charge on any atom is -0.477 e. The minimum absolute atomic E-state index is 0.288. The number of aliphatic carboxylic acids is 2. The van der Waals surface area contributed by atoms with Gasteiger partial charge in [0.1, 0.15) is 10.1 Å². The number of carbonyl (C=O) groups is 2. The molecule has 166 valence electrons. The number of carboxylic acids is 2. The van der Waals surface area contributed by atoms with Crippen molar-refractivity contribution in [1.82, 2.24) is 19.9 Å². The first kappa shape index (κ1) is 24.3. The van der Waals surface area contributed by atoms with Crippen LogP contribution in [0.25, 0.3) is 0 Å². The van der Waals surface area contributed by atoms with Crippen LogP contribution in [0, 0.1) is 0 Å². The molecule has 0 amide bonds. The summed E-state index contributed by atoms with van der Waals surface area (Å²) in [5.74, 6) is -1.73. The van der Waals surface area contributed by atoms with Crippen molar-refractivity contribution in [1.29, 1.82) is 0 Å². The van der Waals surface area contributed by atoms with E-state index >= 15 is 0 Å². The summed E-state index contributed by atoms with van der Waals surface area (Å²) in [6.45, 7) is 0. The highest BCUT2D eigenvalue weighted by Crippen LogP contribution is 2.38. The maximum absolute atomic E-state index is 11.7. The van der Waals surface area contributed by atoms with E-state index in [2.05, 4.69) is 19.9 Å². The Bertz CT molecular complexity index is 812. The van der Waals surface area contributed by atoms with Crippen LogP contribution in [0.5, 0.6) is 0 Å². The predicted octanol–water partition coefficient (Wildman–Crippen LogP) is 1.34. The predicted molar refractivity (Wildman–Crippen MR) is 115 cm³/mol. The summed E-state index contributed by atoms with van der Waals surface area (Å²) in [7, 11) is 13.8. The maximum Gasteiger partial charge on any atom is 0.362 e. The Morgan fingerprint density at radius 2 is 1.17 bits per heavy atom. The monoisotopic (exact) mass is 458 g/mol. The molecule has 4 N–H and O–H groups in total. The van der Waals surface area contributed by atoms with Crippen molar-refractivity contribution in [3.8, 4) is 0 Å². The lowest BCUT2D eigenvalue weighted by Crippen LogP contribution is -2.51. The van der Waals surface area contributed by atoms with Gasteiger partial charge in [0, 0.05) is 0 Å². The number of hydrogen-bond acceptors (Lipinski definition) is 6. The van der Waals surface area contributed by atoms with Gasteiger partial charge in [-0.15, -0.1) is 0 Å². The van der Waals surface area contributed by atoms with Gasteiger partial charge in [-0.3, -0.25) is 0 Å². The average molecular weight is 459 g/mol. The molecular formula is C18H30N6O4S2+2. The normalized spacial score (nSPS) is 14.5. The number of carboxylic acid groups (broad SMARTS) is 2. The molecule has 0 unspecified atom stereocenters. The van der Waals surface area contributed by atoms with E-state index in [0.29, 0.717) is 22.9 Å². The van der Waals surface area contributed by atoms with E-state index in [0.717, 1.165) is 11.4 Å². The fraction of sp³-hybridized carbons (Fsp3) is 0.556. The van der Waals surface area contributed by atoms with Gasteiger partial charge in [-0.05, 0) is 21.6 Å². The number of aromatic amines is 2. The van der Waals surface area contributed by atoms with E-state index in [-0.39, 0.29) is 8.97 Å². The molecule has 0 saturated carbocycles. The van der Waals surface area contributed by atoms with E-state index in [1.807, 2.05) is 42.3 Å². The van der Waals surface area contributed by atoms with Crippen LogP contribution in [0.3, 0.4) is 0 Å². The molecule has 0 radical (unpaired) electrons. The molecule has 2 heterocycles. The molecule has 0 aliphatic carbocycles. The lowest BCUT2D eigenvalue weighted by molar-refractivity contribution is -0.887. The third-order valence-corrected chi connectivity index (χ3v) is 7.09. The number of H-pyrrole nitrogens is 2. The Morgan fingerprint density at radius 3 is 1.43 bits per heavy atom. The van der Waals surface area contributed by atoms with Gasteiger partial charge in [-0.25, -0.2) is 19.6 Å². The van der Waals surface area contributed by atoms with Crippen molar-refractivity contribution in [2.45, 2.75) is 35.0 Å². The Hall–Kier alpha value is -2.02. The topological polar surface area (TPSA) is 132 Å². The van der Waals surface area contributed by atoms with Crippen molar-refractivity contribution >= 4 is 33.5 Å². The van der Waals surface area contributed by atoms with Crippen LogP contribution >= 0.6 is 21.6 Å². The van der Waals surface area contributed by atoms with Crippen molar-refractivity contribution in [2.75, 3.05) is 42.3 Å². The second-order valence-electron chi connectivity index (χ2n) is 8.89. The summed E-state index contributed by atoms with van der Waals surface area (Å²) >= 11 is 0. The standard InChI is InChI=1S/C18H28N6O4S2/c1-23(2,3)13(17(25)26)7-11-15(21-9-19-11)29-30-16-12(20-10-22-16)8-14(18(27)28)24(4,5)6/h9-10,13-14H,7-8H2,1-6H3,(H2-2,19,20,21,22,25,26,27,28)/p+2/t13-,14-/m0/s1. The molecule has 2 aromatic heterocycles. The van der Waals surface area contributed by atoms with Gasteiger partial charge in [-0.1, -0.05) is 0 Å². The van der Waals surface area contributed by atoms with Crippen LogP contribution < -0.4 is 0 Å². The summed E-state index contributed by atoms with van der Waals surface area (Å²) < 4.78 is 0.577. The number of imidazole rings is 2. The molecule has 0 saturated heterocycles. The average Bonchev–Trinajstić information content (AvgIpc) is 3.21. The highest BCUT2D eigenvalue weighted by molar-refractivity contribution is 8.76. The Morgan fingerprint density at radius 1 is 0.833 bits per heavy atom. The highest BCUT2D eigenvalue weighted by atomic mass is 33.1. The molecule has 30 heavy (non-hydrogen) atoms. The third kappa shape index (κ3) is 6.24. The van der Waals surface area contributed by atoms with Crippen LogP contribution in [-0.4, -0.2) is 105 Å². The van der Waals surface area contributed by atoms with Crippen LogP contribution in [0.1, 0.15) is 11.4 Å². The second kappa shape index (κ2) is 9.41. The number of rotatable bonds is 11. The molecule has 2 atom stereocenters. The zero-order chi connectivity index (χ0) is 22.7. The zero-order valence-corrected chi connectivity index (χ0v) is 19.7. The quantitative estimate of drug-likeness (QED) is 0.293. The molecular weight excluding hydrogens is 428 g/mol. The number of nitrogens with one attached hydrogen (secondary N) is 2. The van der Waals surface area contributed by atoms with Gasteiger partial charge >= 0.3 is 11.9 Å². The summed E-state index contributed by atoms with van der Waals surface area (Å²) in [6, 6.07) is -1.23. The SMILES string of the molecule is C[N+](C)(C)[C@@H](Cc1[nH]cnc1SSc1nc[nH]c1C[C@@H](C(=O)O)[N+](C)(C)C)C(=O)O. The van der Waals surface area contributed by atoms with E-state index in [1.165, 1.54) is 21.6 Å². The van der Waals surface area contributed by atoms with E-state index in [9.17, 15) is 19.8 Å². The van der Waals surface area contributed by atoms with Gasteiger partial charge < -0.3 is 29.1 Å². The molecule has 0 aliphatic rings. The van der Waals surface area contributed by atoms with E-state index in [4.69, 9.17) is 0 Å². The summed E-state index contributed by atoms with van der Waals surface area (Å²) in [5.41, 5.74) is 1.50. The first-order chi connectivity index (χ1) is 13.8. The summed E-state index contributed by atoms with van der Waals surface area (Å²) in [4.78, 5) is 38.1. The van der Waals surface area contributed by atoms with Crippen LogP contribution in [0.15, 0.2) is 22.7 Å². The third-order valence-electron chi connectivity index (χ3n) is 4.79. The van der Waals surface area contributed by atoms with Crippen molar-refractivity contribution in [3.63, 3.8) is 0 Å². The van der Waals surface area contributed by atoms with Gasteiger partial charge in [0.15, 0.2) is 12.1 Å². The second-order valence-corrected chi connectivity index (χ2v) is 11.0. The van der Waals surface area contributed by atoms with Gasteiger partial charge in [0.25, 0.3) is 0 Å². The van der Waals surface area contributed by atoms with Gasteiger partial charge in [-0.2, -0.15) is 0 Å². The Balaban J connectivity index is 2.12. The minimum atomic E-state index is -0.865. The summed E-state index contributed by atoms with van der Waals surface area (Å²) in [5, 5.41) is 20.5. The molecule has 0 bridgehead atoms. The molecule has 0 aliphatic heterocycles. The fourth-order valence-electron chi connectivity index (χ4n) is 2.90. The van der Waals surface area contributed by atoms with Crippen LogP contribution in [-0.2, 0) is 22.4 Å². The van der Waals surface area contributed by atoms with Crippen molar-refractivity contribution in [3.05, 3.63) is 24.0 Å².